The first-order valence-corrected chi connectivity index (χ1v) is 8.62. The monoisotopic (exact) mass is 281 g/mol. The lowest BCUT2D eigenvalue weighted by Gasteiger charge is -2.39. The van der Waals surface area contributed by atoms with Crippen LogP contribution in [0.5, 0.6) is 0 Å². The number of rotatable bonds is 4. The molecular weight excluding hydrogens is 258 g/mol. The number of hydrogen-bond donors (Lipinski definition) is 0. The molecule has 0 radical (unpaired) electrons. The average Bonchev–Trinajstić information content (AvgIpc) is 2.40. The summed E-state index contributed by atoms with van der Waals surface area (Å²) in [6.45, 7) is 5.45. The van der Waals surface area contributed by atoms with Gasteiger partial charge in [-0.15, -0.1) is 0 Å². The van der Waals surface area contributed by atoms with Crippen LogP contribution in [0.25, 0.3) is 0 Å². The van der Waals surface area contributed by atoms with Gasteiger partial charge >= 0.3 is 0 Å². The van der Waals surface area contributed by atoms with Gasteiger partial charge in [0.05, 0.1) is 5.75 Å². The van der Waals surface area contributed by atoms with E-state index in [-0.39, 0.29) is 11.2 Å². The fraction of sp³-hybridized carbons (Fsp3) is 0.600. The second kappa shape index (κ2) is 5.63. The zero-order valence-electron chi connectivity index (χ0n) is 11.8. The van der Waals surface area contributed by atoms with Crippen molar-refractivity contribution in [1.29, 1.82) is 0 Å². The predicted molar refractivity (Wildman–Crippen MR) is 78.7 cm³/mol. The van der Waals surface area contributed by atoms with Crippen molar-refractivity contribution in [2.24, 2.45) is 0 Å². The Morgan fingerprint density at radius 1 is 1.16 bits per heavy atom. The first-order chi connectivity index (χ1) is 8.98. The number of hydrogen-bond acceptors (Lipinski definition) is 2. The molecule has 0 unspecified atom stereocenters. The summed E-state index contributed by atoms with van der Waals surface area (Å²) in [7, 11) is -3.03. The van der Waals surface area contributed by atoms with Gasteiger partial charge in [0.15, 0.2) is 0 Å². The van der Waals surface area contributed by atoms with Crippen molar-refractivity contribution in [3.05, 3.63) is 35.9 Å². The third kappa shape index (κ3) is 3.18. The van der Waals surface area contributed by atoms with Crippen molar-refractivity contribution in [2.75, 3.05) is 18.8 Å². The molecule has 1 fully saturated rings. The molecule has 1 heterocycles. The number of nitrogens with zero attached hydrogens (tertiary/aromatic N) is 1. The molecule has 1 aromatic carbocycles. The van der Waals surface area contributed by atoms with Gasteiger partial charge < -0.3 is 0 Å². The maximum absolute atomic E-state index is 12.1. The maximum atomic E-state index is 12.1. The van der Waals surface area contributed by atoms with Crippen molar-refractivity contribution in [3.63, 3.8) is 0 Å². The van der Waals surface area contributed by atoms with E-state index in [0.717, 1.165) is 12.8 Å². The van der Waals surface area contributed by atoms with E-state index in [0.29, 0.717) is 19.5 Å². The van der Waals surface area contributed by atoms with Gasteiger partial charge in [-0.25, -0.2) is 12.7 Å². The van der Waals surface area contributed by atoms with Gasteiger partial charge in [0.25, 0.3) is 0 Å². The van der Waals surface area contributed by atoms with E-state index in [1.54, 1.807) is 4.31 Å². The Labute approximate surface area is 116 Å². The molecule has 2 rings (SSSR count). The summed E-state index contributed by atoms with van der Waals surface area (Å²) in [6.07, 6.45) is 2.49. The largest absolute Gasteiger partial charge is 0.214 e. The highest BCUT2D eigenvalue weighted by Crippen LogP contribution is 2.35. The van der Waals surface area contributed by atoms with Crippen LogP contribution in [0.2, 0.25) is 0 Å². The fourth-order valence-electron chi connectivity index (χ4n) is 2.77. The van der Waals surface area contributed by atoms with Crippen LogP contribution in [0.4, 0.5) is 0 Å². The Kier molecular flexibility index (Phi) is 4.31. The van der Waals surface area contributed by atoms with Gasteiger partial charge in [-0.3, -0.25) is 0 Å². The van der Waals surface area contributed by atoms with Crippen LogP contribution in [-0.4, -0.2) is 31.6 Å². The second-order valence-electron chi connectivity index (χ2n) is 5.64. The molecule has 0 aliphatic carbocycles. The highest BCUT2D eigenvalue weighted by Gasteiger charge is 2.35. The van der Waals surface area contributed by atoms with Crippen LogP contribution in [0.15, 0.2) is 30.3 Å². The van der Waals surface area contributed by atoms with Gasteiger partial charge in [0, 0.05) is 13.1 Å². The zero-order chi connectivity index (χ0) is 13.9. The molecule has 19 heavy (non-hydrogen) atoms. The van der Waals surface area contributed by atoms with Crippen molar-refractivity contribution in [1.82, 2.24) is 4.31 Å². The van der Waals surface area contributed by atoms with Crippen LogP contribution < -0.4 is 0 Å². The van der Waals surface area contributed by atoms with Crippen molar-refractivity contribution >= 4 is 10.0 Å². The Morgan fingerprint density at radius 2 is 1.74 bits per heavy atom. The van der Waals surface area contributed by atoms with Crippen LogP contribution >= 0.6 is 0 Å². The standard InChI is InChI=1S/C15H23NO2S/c1-3-13-19(17,18)16-11-9-15(2,10-12-16)14-7-5-4-6-8-14/h4-8H,3,9-13H2,1-2H3. The van der Waals surface area contributed by atoms with Crippen molar-refractivity contribution in [2.45, 2.75) is 38.5 Å². The molecule has 1 aliphatic heterocycles. The summed E-state index contributed by atoms with van der Waals surface area (Å²) in [5.74, 6) is 0.273. The number of piperidine rings is 1. The third-order valence-corrected chi connectivity index (χ3v) is 6.23. The average molecular weight is 281 g/mol. The van der Waals surface area contributed by atoms with E-state index in [9.17, 15) is 8.42 Å². The van der Waals surface area contributed by atoms with Gasteiger partial charge in [-0.1, -0.05) is 44.2 Å². The first-order valence-electron chi connectivity index (χ1n) is 7.01. The van der Waals surface area contributed by atoms with Gasteiger partial charge in [0.2, 0.25) is 10.0 Å². The minimum atomic E-state index is -3.03. The lowest BCUT2D eigenvalue weighted by atomic mass is 9.75. The molecule has 1 aliphatic rings. The third-order valence-electron chi connectivity index (χ3n) is 4.15. The summed E-state index contributed by atoms with van der Waals surface area (Å²) in [6, 6.07) is 10.4. The van der Waals surface area contributed by atoms with Crippen LogP contribution in [0, 0.1) is 0 Å². The number of sulfonamides is 1. The minimum absolute atomic E-state index is 0.111. The summed E-state index contributed by atoms with van der Waals surface area (Å²) in [5.41, 5.74) is 1.43. The summed E-state index contributed by atoms with van der Waals surface area (Å²) in [5, 5.41) is 0. The van der Waals surface area contributed by atoms with Crippen molar-refractivity contribution in [3.8, 4) is 0 Å². The van der Waals surface area contributed by atoms with Gasteiger partial charge in [-0.2, -0.15) is 0 Å². The summed E-state index contributed by atoms with van der Waals surface area (Å²) < 4.78 is 25.8. The molecule has 1 aromatic rings. The molecular formula is C15H23NO2S. The fourth-order valence-corrected chi connectivity index (χ4v) is 4.29. The van der Waals surface area contributed by atoms with Crippen LogP contribution in [0.1, 0.15) is 38.7 Å². The Morgan fingerprint density at radius 3 is 2.26 bits per heavy atom. The smallest absolute Gasteiger partial charge is 0.212 e. The van der Waals surface area contributed by atoms with Gasteiger partial charge in [0.1, 0.15) is 0 Å². The molecule has 0 saturated carbocycles. The normalized spacial score (nSPS) is 20.3. The predicted octanol–water partition coefficient (Wildman–Crippen LogP) is 2.78. The quantitative estimate of drug-likeness (QED) is 0.851. The van der Waals surface area contributed by atoms with E-state index in [1.165, 1.54) is 5.56 Å². The molecule has 0 spiro atoms. The molecule has 4 heteroatoms. The lowest BCUT2D eigenvalue weighted by Crippen LogP contribution is -2.44. The highest BCUT2D eigenvalue weighted by molar-refractivity contribution is 7.89. The molecule has 0 amide bonds. The van der Waals surface area contributed by atoms with Crippen molar-refractivity contribution < 1.29 is 8.42 Å². The number of benzene rings is 1. The van der Waals surface area contributed by atoms with E-state index in [4.69, 9.17) is 0 Å². The Balaban J connectivity index is 2.07. The first kappa shape index (κ1) is 14.5. The zero-order valence-corrected chi connectivity index (χ0v) is 12.6. The van der Waals surface area contributed by atoms with E-state index in [1.807, 2.05) is 13.0 Å². The molecule has 1 saturated heterocycles. The van der Waals surface area contributed by atoms with E-state index in [2.05, 4.69) is 31.2 Å². The van der Waals surface area contributed by atoms with Gasteiger partial charge in [-0.05, 0) is 30.2 Å². The molecule has 0 atom stereocenters. The van der Waals surface area contributed by atoms with Crippen LogP contribution in [0.3, 0.4) is 0 Å². The van der Waals surface area contributed by atoms with E-state index >= 15 is 0 Å². The molecule has 0 bridgehead atoms. The Hall–Kier alpha value is -0.870. The minimum Gasteiger partial charge on any atom is -0.212 e. The van der Waals surface area contributed by atoms with E-state index < -0.39 is 10.0 Å². The molecule has 0 aromatic heterocycles. The maximum Gasteiger partial charge on any atom is 0.214 e. The summed E-state index contributed by atoms with van der Waals surface area (Å²) in [4.78, 5) is 0. The molecule has 106 valence electrons. The summed E-state index contributed by atoms with van der Waals surface area (Å²) >= 11 is 0. The topological polar surface area (TPSA) is 37.4 Å². The Bertz CT molecular complexity index is 502. The SMILES string of the molecule is CCCS(=O)(=O)N1CCC(C)(c2ccccc2)CC1. The lowest BCUT2D eigenvalue weighted by molar-refractivity contribution is 0.249. The van der Waals surface area contributed by atoms with Crippen LogP contribution in [-0.2, 0) is 15.4 Å². The molecule has 3 nitrogen and oxygen atoms in total. The highest BCUT2D eigenvalue weighted by atomic mass is 32.2. The second-order valence-corrected chi connectivity index (χ2v) is 7.73. The molecule has 0 N–H and O–H groups in total.